The topological polar surface area (TPSA) is 96.6 Å². The van der Waals surface area contributed by atoms with E-state index < -0.39 is 11.3 Å². The van der Waals surface area contributed by atoms with Crippen molar-refractivity contribution in [2.75, 3.05) is 5.73 Å². The molecule has 30 heavy (non-hydrogen) atoms. The summed E-state index contributed by atoms with van der Waals surface area (Å²) < 4.78 is 6.12. The van der Waals surface area contributed by atoms with Crippen LogP contribution in [0.25, 0.3) is 0 Å². The van der Waals surface area contributed by atoms with Gasteiger partial charge in [-0.15, -0.1) is 0 Å². The fraction of sp³-hybridized carbons (Fsp3) is 0.391. The second-order valence-corrected chi connectivity index (χ2v) is 9.74. The summed E-state index contributed by atoms with van der Waals surface area (Å²) in [6.45, 7) is 10.0. The number of ketones is 1. The van der Waals surface area contributed by atoms with Crippen LogP contribution in [0.4, 0.5) is 5.69 Å². The van der Waals surface area contributed by atoms with Crippen LogP contribution in [0, 0.1) is 0 Å². The van der Waals surface area contributed by atoms with Crippen LogP contribution >= 0.6 is 12.2 Å². The first-order chi connectivity index (χ1) is 13.9. The van der Waals surface area contributed by atoms with Crippen molar-refractivity contribution in [3.05, 3.63) is 58.7 Å². The van der Waals surface area contributed by atoms with Crippen LogP contribution in [0.1, 0.15) is 67.6 Å². The fourth-order valence-electron chi connectivity index (χ4n) is 4.29. The summed E-state index contributed by atoms with van der Waals surface area (Å²) in [6.07, 6.45) is 0. The number of hydrogen-bond acceptors (Lipinski definition) is 5. The molecule has 0 fully saturated rings. The van der Waals surface area contributed by atoms with E-state index in [1.165, 1.54) is 0 Å². The number of carbonyl (C=O) groups excluding carboxylic acids is 1. The van der Waals surface area contributed by atoms with E-state index in [0.29, 0.717) is 22.6 Å². The number of Topliss-reactive ketones (excluding diaryl/α,β-unsaturated/α-hetero) is 1. The highest BCUT2D eigenvalue weighted by Gasteiger charge is 2.71. The quantitative estimate of drug-likeness (QED) is 0.433. The lowest BCUT2D eigenvalue weighted by Crippen LogP contribution is -2.63. The molecule has 0 aromatic heterocycles. The molecule has 0 spiro atoms. The first kappa shape index (κ1) is 20.6. The molecule has 2 aliphatic rings. The van der Waals surface area contributed by atoms with Gasteiger partial charge in [0.2, 0.25) is 11.3 Å². The Morgan fingerprint density at radius 1 is 1.20 bits per heavy atom. The van der Waals surface area contributed by atoms with E-state index in [1.54, 1.807) is 18.2 Å². The molecule has 2 unspecified atom stereocenters. The summed E-state index contributed by atoms with van der Waals surface area (Å²) in [5.74, 6) is -1.63. The van der Waals surface area contributed by atoms with E-state index in [0.717, 1.165) is 5.56 Å². The van der Waals surface area contributed by atoms with Crippen molar-refractivity contribution in [1.29, 1.82) is 0 Å². The first-order valence-electron chi connectivity index (χ1n) is 10.0. The molecule has 158 valence electrons. The number of ether oxygens (including phenoxy) is 1. The number of aliphatic hydroxyl groups is 1. The molecular weight excluding hydrogens is 398 g/mol. The lowest BCUT2D eigenvalue weighted by Gasteiger charge is -2.36. The minimum absolute atomic E-state index is 0.241. The summed E-state index contributed by atoms with van der Waals surface area (Å²) in [4.78, 5) is 13.8. The third kappa shape index (κ3) is 2.72. The summed E-state index contributed by atoms with van der Waals surface area (Å²) in [5, 5.41) is 18.4. The van der Waals surface area contributed by atoms with E-state index in [4.69, 9.17) is 22.7 Å². The predicted molar refractivity (Wildman–Crippen MR) is 121 cm³/mol. The maximum atomic E-state index is 13.8. The van der Waals surface area contributed by atoms with E-state index in [-0.39, 0.29) is 27.9 Å². The third-order valence-electron chi connectivity index (χ3n) is 5.66. The Balaban J connectivity index is 1.93. The van der Waals surface area contributed by atoms with Gasteiger partial charge in [0.25, 0.3) is 5.79 Å². The van der Waals surface area contributed by atoms with Gasteiger partial charge in [-0.25, -0.2) is 0 Å². The largest absolute Gasteiger partial charge is 0.454 e. The standard InChI is InChI=1S/C23H27N3O3S/c1-12(2)13-9-10-14-17(11-13)29-23(28)15-7-6-8-16(24)18(15)19(27)22(14,23)26-20(30)25-21(3,4)5/h6-12,28H,24H2,1-5H3,(H2,25,26,30). The van der Waals surface area contributed by atoms with Crippen molar-refractivity contribution in [3.63, 3.8) is 0 Å². The molecule has 0 bridgehead atoms. The van der Waals surface area contributed by atoms with Crippen LogP contribution in [0.5, 0.6) is 5.75 Å². The Morgan fingerprint density at radius 3 is 2.53 bits per heavy atom. The van der Waals surface area contributed by atoms with E-state index in [2.05, 4.69) is 24.5 Å². The monoisotopic (exact) mass is 425 g/mol. The molecule has 1 heterocycles. The van der Waals surface area contributed by atoms with Crippen molar-refractivity contribution in [2.45, 2.75) is 57.4 Å². The number of nitrogen functional groups attached to an aromatic ring is 1. The molecule has 1 aliphatic carbocycles. The lowest BCUT2D eigenvalue weighted by atomic mass is 9.82. The van der Waals surface area contributed by atoms with Gasteiger partial charge < -0.3 is 26.2 Å². The van der Waals surface area contributed by atoms with Crippen molar-refractivity contribution < 1.29 is 14.6 Å². The Morgan fingerprint density at radius 2 is 1.90 bits per heavy atom. The first-order valence-corrected chi connectivity index (χ1v) is 10.4. The fourth-order valence-corrected chi connectivity index (χ4v) is 4.75. The maximum absolute atomic E-state index is 13.8. The van der Waals surface area contributed by atoms with E-state index in [1.807, 2.05) is 39.0 Å². The van der Waals surface area contributed by atoms with Crippen LogP contribution in [0.3, 0.4) is 0 Å². The van der Waals surface area contributed by atoms with Crippen molar-refractivity contribution in [1.82, 2.24) is 10.6 Å². The SMILES string of the molecule is CC(C)c1ccc2c(c1)OC1(O)c3cccc(N)c3C(=O)C21NC(=S)NC(C)(C)C. The zero-order valence-corrected chi connectivity index (χ0v) is 18.6. The van der Waals surface area contributed by atoms with Crippen LogP contribution in [0.15, 0.2) is 36.4 Å². The number of rotatable bonds is 2. The van der Waals surface area contributed by atoms with Gasteiger partial charge >= 0.3 is 0 Å². The van der Waals surface area contributed by atoms with Gasteiger partial charge in [-0.05, 0) is 56.6 Å². The van der Waals surface area contributed by atoms with Crippen LogP contribution in [-0.2, 0) is 11.3 Å². The van der Waals surface area contributed by atoms with Crippen molar-refractivity contribution >= 4 is 28.8 Å². The number of nitrogens with one attached hydrogen (secondary N) is 2. The van der Waals surface area contributed by atoms with Gasteiger partial charge in [-0.1, -0.05) is 38.1 Å². The molecule has 0 saturated heterocycles. The number of thiocarbonyl (C=S) groups is 1. The number of hydrogen-bond donors (Lipinski definition) is 4. The van der Waals surface area contributed by atoms with Crippen LogP contribution in [0.2, 0.25) is 0 Å². The van der Waals surface area contributed by atoms with E-state index >= 15 is 0 Å². The normalized spacial score (nSPS) is 24.2. The average molecular weight is 426 g/mol. The molecule has 0 saturated carbocycles. The zero-order valence-electron chi connectivity index (χ0n) is 17.8. The highest BCUT2D eigenvalue weighted by Crippen LogP contribution is 2.59. The van der Waals surface area contributed by atoms with Gasteiger partial charge in [-0.3, -0.25) is 4.79 Å². The minimum atomic E-state index is -1.98. The highest BCUT2D eigenvalue weighted by molar-refractivity contribution is 7.80. The molecule has 2 aromatic rings. The molecular formula is C23H27N3O3S. The number of anilines is 1. The molecule has 7 heteroatoms. The number of nitrogens with two attached hydrogens (primary N) is 1. The Kier molecular flexibility index (Phi) is 4.42. The van der Waals surface area contributed by atoms with Gasteiger partial charge in [0.05, 0.1) is 5.56 Å². The Bertz CT molecular complexity index is 1080. The molecule has 1 aliphatic heterocycles. The molecule has 2 atom stereocenters. The molecule has 5 N–H and O–H groups in total. The second kappa shape index (κ2) is 6.43. The predicted octanol–water partition coefficient (Wildman–Crippen LogP) is 3.28. The summed E-state index contributed by atoms with van der Waals surface area (Å²) >= 11 is 5.53. The van der Waals surface area contributed by atoms with Gasteiger partial charge in [-0.2, -0.15) is 0 Å². The second-order valence-electron chi connectivity index (χ2n) is 9.33. The maximum Gasteiger partial charge on any atom is 0.271 e. The summed E-state index contributed by atoms with van der Waals surface area (Å²) in [6, 6.07) is 10.7. The summed E-state index contributed by atoms with van der Waals surface area (Å²) in [7, 11) is 0. The smallest absolute Gasteiger partial charge is 0.271 e. The summed E-state index contributed by atoms with van der Waals surface area (Å²) in [5.41, 5.74) is 6.62. The van der Waals surface area contributed by atoms with Crippen LogP contribution in [-0.4, -0.2) is 21.5 Å². The third-order valence-corrected chi connectivity index (χ3v) is 5.87. The lowest BCUT2D eigenvalue weighted by molar-refractivity contribution is -0.167. The molecule has 0 radical (unpaired) electrons. The number of fused-ring (bicyclic) bond motifs is 5. The molecule has 0 amide bonds. The average Bonchev–Trinajstić information content (AvgIpc) is 2.97. The van der Waals surface area contributed by atoms with Gasteiger partial charge in [0.1, 0.15) is 5.75 Å². The zero-order chi connectivity index (χ0) is 22.1. The number of carbonyl (C=O) groups is 1. The molecule has 2 aromatic carbocycles. The van der Waals surface area contributed by atoms with Crippen molar-refractivity contribution in [3.8, 4) is 5.75 Å². The Hall–Kier alpha value is -2.64. The number of benzene rings is 2. The molecule has 4 rings (SSSR count). The van der Waals surface area contributed by atoms with Crippen LogP contribution < -0.4 is 21.1 Å². The minimum Gasteiger partial charge on any atom is -0.454 e. The van der Waals surface area contributed by atoms with Crippen molar-refractivity contribution in [2.24, 2.45) is 0 Å². The highest BCUT2D eigenvalue weighted by atomic mass is 32.1. The molecule has 6 nitrogen and oxygen atoms in total. The van der Waals surface area contributed by atoms with E-state index in [9.17, 15) is 9.90 Å². The van der Waals surface area contributed by atoms with Gasteiger partial charge in [0.15, 0.2) is 5.11 Å². The Labute approximate surface area is 181 Å². The van der Waals surface area contributed by atoms with Gasteiger partial charge in [0, 0.05) is 22.4 Å².